The van der Waals surface area contributed by atoms with Crippen LogP contribution >= 0.6 is 27.5 Å². The molecule has 0 spiro atoms. The van der Waals surface area contributed by atoms with Gasteiger partial charge in [0, 0.05) is 17.6 Å². The molecule has 0 aliphatic carbocycles. The van der Waals surface area contributed by atoms with Gasteiger partial charge in [-0.25, -0.2) is 0 Å². The van der Waals surface area contributed by atoms with Crippen molar-refractivity contribution in [2.24, 2.45) is 0 Å². The van der Waals surface area contributed by atoms with Gasteiger partial charge in [-0.3, -0.25) is 0 Å². The van der Waals surface area contributed by atoms with Gasteiger partial charge in [0.15, 0.2) is 0 Å². The molecule has 1 unspecified atom stereocenters. The zero-order valence-corrected chi connectivity index (χ0v) is 10.3. The Kier molecular flexibility index (Phi) is 4.89. The van der Waals surface area contributed by atoms with Crippen molar-refractivity contribution in [3.05, 3.63) is 33.3 Å². The molecule has 0 saturated carbocycles. The Balaban J connectivity index is 2.47. The Morgan fingerprint density at radius 1 is 1.57 bits per heavy atom. The number of aliphatic hydroxyl groups is 1. The fourth-order valence-corrected chi connectivity index (χ4v) is 1.52. The van der Waals surface area contributed by atoms with E-state index in [0.29, 0.717) is 11.6 Å². The zero-order chi connectivity index (χ0) is 10.6. The van der Waals surface area contributed by atoms with Gasteiger partial charge in [0.25, 0.3) is 0 Å². The van der Waals surface area contributed by atoms with Gasteiger partial charge < -0.3 is 10.4 Å². The molecule has 0 heterocycles. The lowest BCUT2D eigenvalue weighted by Crippen LogP contribution is -2.23. The summed E-state index contributed by atoms with van der Waals surface area (Å²) in [5.41, 5.74) is 1.11. The minimum atomic E-state index is -0.319. The van der Waals surface area contributed by atoms with Crippen LogP contribution in [-0.2, 0) is 6.54 Å². The summed E-state index contributed by atoms with van der Waals surface area (Å²) in [6.45, 7) is 3.06. The third kappa shape index (κ3) is 3.96. The summed E-state index contributed by atoms with van der Waals surface area (Å²) in [6.07, 6.45) is -0.319. The van der Waals surface area contributed by atoms with E-state index in [1.807, 2.05) is 18.2 Å². The second-order valence-corrected chi connectivity index (χ2v) is 4.49. The predicted octanol–water partition coefficient (Wildman–Crippen LogP) is 2.57. The molecule has 0 amide bonds. The van der Waals surface area contributed by atoms with Crippen LogP contribution in [0.5, 0.6) is 0 Å². The molecule has 0 aliphatic rings. The highest BCUT2D eigenvalue weighted by Crippen LogP contribution is 2.22. The maximum atomic E-state index is 9.03. The molecule has 14 heavy (non-hydrogen) atoms. The van der Waals surface area contributed by atoms with Crippen LogP contribution < -0.4 is 5.32 Å². The van der Waals surface area contributed by atoms with Gasteiger partial charge in [-0.15, -0.1) is 0 Å². The second-order valence-electron chi connectivity index (χ2n) is 3.23. The van der Waals surface area contributed by atoms with E-state index >= 15 is 0 Å². The van der Waals surface area contributed by atoms with E-state index in [4.69, 9.17) is 16.7 Å². The van der Waals surface area contributed by atoms with Gasteiger partial charge in [0.05, 0.1) is 11.1 Å². The Bertz CT molecular complexity index is 304. The first-order chi connectivity index (χ1) is 6.59. The van der Waals surface area contributed by atoms with Crippen LogP contribution in [0.3, 0.4) is 0 Å². The molecule has 1 aromatic rings. The first kappa shape index (κ1) is 12.0. The van der Waals surface area contributed by atoms with Crippen molar-refractivity contribution in [2.45, 2.75) is 19.6 Å². The van der Waals surface area contributed by atoms with Gasteiger partial charge in [-0.2, -0.15) is 0 Å². The summed E-state index contributed by atoms with van der Waals surface area (Å²) in [5.74, 6) is 0. The first-order valence-electron chi connectivity index (χ1n) is 4.42. The predicted molar refractivity (Wildman–Crippen MR) is 62.5 cm³/mol. The van der Waals surface area contributed by atoms with Crippen LogP contribution in [0.2, 0.25) is 5.02 Å². The van der Waals surface area contributed by atoms with Crippen molar-refractivity contribution in [3.63, 3.8) is 0 Å². The number of hydrogen-bond acceptors (Lipinski definition) is 2. The van der Waals surface area contributed by atoms with Crippen LogP contribution in [0.1, 0.15) is 12.5 Å². The lowest BCUT2D eigenvalue weighted by atomic mass is 10.2. The monoisotopic (exact) mass is 277 g/mol. The molecule has 1 aromatic carbocycles. The van der Waals surface area contributed by atoms with E-state index in [1.54, 1.807) is 6.92 Å². The van der Waals surface area contributed by atoms with Crippen LogP contribution in [0.4, 0.5) is 0 Å². The van der Waals surface area contributed by atoms with E-state index < -0.39 is 0 Å². The largest absolute Gasteiger partial charge is 0.392 e. The van der Waals surface area contributed by atoms with Crippen LogP contribution in [0.15, 0.2) is 22.7 Å². The lowest BCUT2D eigenvalue weighted by Gasteiger charge is -2.07. The van der Waals surface area contributed by atoms with E-state index in [9.17, 15) is 0 Å². The standard InChI is InChI=1S/C10H13BrClNO/c1-7(14)5-13-6-8-2-3-9(11)10(12)4-8/h2-4,7,13-14H,5-6H2,1H3. The summed E-state index contributed by atoms with van der Waals surface area (Å²) < 4.78 is 0.901. The second kappa shape index (κ2) is 5.71. The Hall–Kier alpha value is -0.0900. The molecule has 2 N–H and O–H groups in total. The molecule has 0 bridgehead atoms. The number of hydrogen-bond donors (Lipinski definition) is 2. The van der Waals surface area contributed by atoms with Crippen LogP contribution in [0.25, 0.3) is 0 Å². The van der Waals surface area contributed by atoms with Crippen molar-refractivity contribution < 1.29 is 5.11 Å². The summed E-state index contributed by atoms with van der Waals surface area (Å²) in [5, 5.41) is 12.9. The van der Waals surface area contributed by atoms with Crippen molar-refractivity contribution >= 4 is 27.5 Å². The summed E-state index contributed by atoms with van der Waals surface area (Å²) >= 11 is 9.26. The fourth-order valence-electron chi connectivity index (χ4n) is 1.07. The highest BCUT2D eigenvalue weighted by atomic mass is 79.9. The molecule has 4 heteroatoms. The van der Waals surface area contributed by atoms with E-state index in [1.165, 1.54) is 0 Å². The average Bonchev–Trinajstić information content (AvgIpc) is 2.10. The van der Waals surface area contributed by atoms with Gasteiger partial charge in [0.1, 0.15) is 0 Å². The maximum absolute atomic E-state index is 9.03. The molecule has 0 aliphatic heterocycles. The number of rotatable bonds is 4. The van der Waals surface area contributed by atoms with Crippen molar-refractivity contribution in [1.29, 1.82) is 0 Å². The SMILES string of the molecule is CC(O)CNCc1ccc(Br)c(Cl)c1. The number of benzene rings is 1. The third-order valence-electron chi connectivity index (χ3n) is 1.75. The molecule has 0 saturated heterocycles. The average molecular weight is 279 g/mol. The number of nitrogens with one attached hydrogen (secondary N) is 1. The van der Waals surface area contributed by atoms with Crippen LogP contribution in [0, 0.1) is 0 Å². The highest BCUT2D eigenvalue weighted by molar-refractivity contribution is 9.10. The quantitative estimate of drug-likeness (QED) is 0.887. The molecule has 0 radical (unpaired) electrons. The van der Waals surface area contributed by atoms with Crippen molar-refractivity contribution in [3.8, 4) is 0 Å². The Labute approximate surface area is 97.4 Å². The van der Waals surface area contributed by atoms with E-state index in [-0.39, 0.29) is 6.10 Å². The fraction of sp³-hybridized carbons (Fsp3) is 0.400. The number of aliphatic hydroxyl groups excluding tert-OH is 1. The Morgan fingerprint density at radius 2 is 2.29 bits per heavy atom. The molecule has 1 rings (SSSR count). The molecule has 0 aromatic heterocycles. The van der Waals surface area contributed by atoms with Crippen molar-refractivity contribution in [1.82, 2.24) is 5.32 Å². The maximum Gasteiger partial charge on any atom is 0.0636 e. The minimum absolute atomic E-state index is 0.319. The van der Waals surface area contributed by atoms with Crippen LogP contribution in [-0.4, -0.2) is 17.8 Å². The van der Waals surface area contributed by atoms with Gasteiger partial charge >= 0.3 is 0 Å². The summed E-state index contributed by atoms with van der Waals surface area (Å²) in [4.78, 5) is 0. The normalized spacial score (nSPS) is 12.9. The molecule has 0 fully saturated rings. The van der Waals surface area contributed by atoms with Gasteiger partial charge in [0.2, 0.25) is 0 Å². The zero-order valence-electron chi connectivity index (χ0n) is 7.93. The smallest absolute Gasteiger partial charge is 0.0636 e. The third-order valence-corrected chi connectivity index (χ3v) is 2.99. The molecule has 1 atom stereocenters. The summed E-state index contributed by atoms with van der Waals surface area (Å²) in [6, 6.07) is 5.81. The van der Waals surface area contributed by atoms with Gasteiger partial charge in [-0.1, -0.05) is 17.7 Å². The first-order valence-corrected chi connectivity index (χ1v) is 5.59. The topological polar surface area (TPSA) is 32.3 Å². The van der Waals surface area contributed by atoms with Gasteiger partial charge in [-0.05, 0) is 40.5 Å². The van der Waals surface area contributed by atoms with Crippen molar-refractivity contribution in [2.75, 3.05) is 6.54 Å². The van der Waals surface area contributed by atoms with E-state index in [2.05, 4.69) is 21.2 Å². The Morgan fingerprint density at radius 3 is 2.86 bits per heavy atom. The number of halogens is 2. The summed E-state index contributed by atoms with van der Waals surface area (Å²) in [7, 11) is 0. The highest BCUT2D eigenvalue weighted by Gasteiger charge is 1.99. The molecule has 2 nitrogen and oxygen atoms in total. The molecule has 78 valence electrons. The molecular formula is C10H13BrClNO. The lowest BCUT2D eigenvalue weighted by molar-refractivity contribution is 0.191. The van der Waals surface area contributed by atoms with E-state index in [0.717, 1.165) is 16.6 Å². The molecular weight excluding hydrogens is 265 g/mol. The minimum Gasteiger partial charge on any atom is -0.392 e.